The zero-order valence-electron chi connectivity index (χ0n) is 9.75. The summed E-state index contributed by atoms with van der Waals surface area (Å²) in [6.45, 7) is 6.47. The Morgan fingerprint density at radius 2 is 2.00 bits per heavy atom. The molecule has 2 heterocycles. The summed E-state index contributed by atoms with van der Waals surface area (Å²) in [5.74, 6) is 0. The van der Waals surface area contributed by atoms with Crippen LogP contribution in [0.4, 0.5) is 0 Å². The van der Waals surface area contributed by atoms with Crippen molar-refractivity contribution < 1.29 is 0 Å². The van der Waals surface area contributed by atoms with Crippen molar-refractivity contribution >= 4 is 5.52 Å². The molecule has 2 rings (SSSR count). The third kappa shape index (κ3) is 1.75. The molecule has 0 fully saturated rings. The van der Waals surface area contributed by atoms with Crippen LogP contribution in [0.2, 0.25) is 0 Å². The highest BCUT2D eigenvalue weighted by molar-refractivity contribution is 5.62. The summed E-state index contributed by atoms with van der Waals surface area (Å²) in [5.41, 5.74) is 5.26. The average Bonchev–Trinajstić information content (AvgIpc) is 2.52. The summed E-state index contributed by atoms with van der Waals surface area (Å²) in [6, 6.07) is 4.26. The van der Waals surface area contributed by atoms with E-state index in [2.05, 4.69) is 38.0 Å². The van der Waals surface area contributed by atoms with Gasteiger partial charge in [-0.15, -0.1) is 0 Å². The fraction of sp³-hybridized carbons (Fsp3) is 0.417. The van der Waals surface area contributed by atoms with Crippen molar-refractivity contribution in [3.05, 3.63) is 35.2 Å². The molecule has 0 aliphatic heterocycles. The third-order valence-corrected chi connectivity index (χ3v) is 2.77. The van der Waals surface area contributed by atoms with Crippen molar-refractivity contribution in [1.29, 1.82) is 0 Å². The standard InChI is InChI=1S/C12H16N2.H3N/c1-4-10-7-6-8-14-12(10)11(5-2)9(3)13-14;/h6-8H,4-5H2,1-3H3;1H3. The lowest BCUT2D eigenvalue weighted by molar-refractivity contribution is 0.923. The largest absolute Gasteiger partial charge is 0.344 e. The van der Waals surface area contributed by atoms with Gasteiger partial charge in [-0.3, -0.25) is 0 Å². The number of nitrogens with zero attached hydrogens (tertiary/aromatic N) is 2. The lowest BCUT2D eigenvalue weighted by Crippen LogP contribution is -1.92. The first kappa shape index (κ1) is 11.7. The van der Waals surface area contributed by atoms with Crippen LogP contribution in [0.25, 0.3) is 5.52 Å². The van der Waals surface area contributed by atoms with Crippen LogP contribution in [0.15, 0.2) is 18.3 Å². The second-order valence-corrected chi connectivity index (χ2v) is 3.60. The second-order valence-electron chi connectivity index (χ2n) is 3.60. The van der Waals surface area contributed by atoms with Crippen molar-refractivity contribution in [2.45, 2.75) is 33.6 Å². The van der Waals surface area contributed by atoms with Crippen molar-refractivity contribution in [2.24, 2.45) is 0 Å². The SMILES string of the molecule is CCc1cccn2nc(C)c(CC)c12.N. The fourth-order valence-corrected chi connectivity index (χ4v) is 2.06. The topological polar surface area (TPSA) is 52.3 Å². The molecule has 2 aromatic rings. The van der Waals surface area contributed by atoms with E-state index in [-0.39, 0.29) is 6.15 Å². The van der Waals surface area contributed by atoms with Gasteiger partial charge in [0.05, 0.1) is 11.2 Å². The predicted molar refractivity (Wildman–Crippen MR) is 63.7 cm³/mol. The van der Waals surface area contributed by atoms with Gasteiger partial charge in [0.2, 0.25) is 0 Å². The summed E-state index contributed by atoms with van der Waals surface area (Å²) in [6.07, 6.45) is 4.16. The number of aromatic nitrogens is 2. The zero-order valence-corrected chi connectivity index (χ0v) is 9.75. The van der Waals surface area contributed by atoms with E-state index in [0.717, 1.165) is 18.5 Å². The Morgan fingerprint density at radius 1 is 1.27 bits per heavy atom. The highest BCUT2D eigenvalue weighted by Gasteiger charge is 2.09. The number of aryl methyl sites for hydroxylation is 3. The summed E-state index contributed by atoms with van der Waals surface area (Å²) in [4.78, 5) is 0. The quantitative estimate of drug-likeness (QED) is 0.819. The van der Waals surface area contributed by atoms with Gasteiger partial charge in [-0.2, -0.15) is 5.10 Å². The van der Waals surface area contributed by atoms with Crippen LogP contribution in [0.1, 0.15) is 30.7 Å². The number of hydrogen-bond donors (Lipinski definition) is 1. The van der Waals surface area contributed by atoms with Crippen molar-refractivity contribution in [3.8, 4) is 0 Å². The van der Waals surface area contributed by atoms with Gasteiger partial charge in [-0.05, 0) is 31.4 Å². The van der Waals surface area contributed by atoms with Gasteiger partial charge in [-0.1, -0.05) is 19.9 Å². The van der Waals surface area contributed by atoms with E-state index in [1.807, 2.05) is 10.7 Å². The minimum atomic E-state index is 0. The monoisotopic (exact) mass is 205 g/mol. The highest BCUT2D eigenvalue weighted by atomic mass is 15.2. The number of fused-ring (bicyclic) bond motifs is 1. The second kappa shape index (κ2) is 4.45. The van der Waals surface area contributed by atoms with Crippen molar-refractivity contribution in [2.75, 3.05) is 0 Å². The van der Waals surface area contributed by atoms with Gasteiger partial charge in [-0.25, -0.2) is 4.52 Å². The third-order valence-electron chi connectivity index (χ3n) is 2.77. The molecule has 0 spiro atoms. The molecule has 0 saturated carbocycles. The number of pyridine rings is 1. The molecule has 82 valence electrons. The van der Waals surface area contributed by atoms with E-state index in [4.69, 9.17) is 0 Å². The molecular formula is C12H19N3. The first-order valence-corrected chi connectivity index (χ1v) is 5.23. The molecule has 0 aliphatic carbocycles. The molecular weight excluding hydrogens is 186 g/mol. The minimum Gasteiger partial charge on any atom is -0.344 e. The predicted octanol–water partition coefficient (Wildman–Crippen LogP) is 2.93. The lowest BCUT2D eigenvalue weighted by atomic mass is 10.1. The van der Waals surface area contributed by atoms with Crippen LogP contribution in [0, 0.1) is 6.92 Å². The van der Waals surface area contributed by atoms with Crippen LogP contribution in [0.3, 0.4) is 0 Å². The molecule has 0 amide bonds. The fourth-order valence-electron chi connectivity index (χ4n) is 2.06. The van der Waals surface area contributed by atoms with Gasteiger partial charge >= 0.3 is 0 Å². The molecule has 2 aromatic heterocycles. The smallest absolute Gasteiger partial charge is 0.0728 e. The van der Waals surface area contributed by atoms with Crippen LogP contribution in [-0.2, 0) is 12.8 Å². The Kier molecular flexibility index (Phi) is 3.48. The Hall–Kier alpha value is -1.35. The van der Waals surface area contributed by atoms with E-state index < -0.39 is 0 Å². The lowest BCUT2D eigenvalue weighted by Gasteiger charge is -2.02. The maximum Gasteiger partial charge on any atom is 0.0728 e. The van der Waals surface area contributed by atoms with E-state index in [1.54, 1.807) is 0 Å². The molecule has 3 N–H and O–H groups in total. The average molecular weight is 205 g/mol. The summed E-state index contributed by atoms with van der Waals surface area (Å²) < 4.78 is 2.01. The zero-order chi connectivity index (χ0) is 10.1. The van der Waals surface area contributed by atoms with Crippen LogP contribution in [-0.4, -0.2) is 9.61 Å². The molecule has 0 saturated heterocycles. The van der Waals surface area contributed by atoms with Crippen LogP contribution in [0.5, 0.6) is 0 Å². The van der Waals surface area contributed by atoms with E-state index in [9.17, 15) is 0 Å². The van der Waals surface area contributed by atoms with Crippen molar-refractivity contribution in [3.63, 3.8) is 0 Å². The molecule has 3 nitrogen and oxygen atoms in total. The molecule has 3 heteroatoms. The summed E-state index contributed by atoms with van der Waals surface area (Å²) in [7, 11) is 0. The van der Waals surface area contributed by atoms with Gasteiger partial charge in [0.1, 0.15) is 0 Å². The Balaban J connectivity index is 0.00000112. The molecule has 15 heavy (non-hydrogen) atoms. The number of rotatable bonds is 2. The summed E-state index contributed by atoms with van der Waals surface area (Å²) in [5, 5.41) is 4.51. The Bertz CT molecular complexity index is 457. The highest BCUT2D eigenvalue weighted by Crippen LogP contribution is 2.20. The minimum absolute atomic E-state index is 0. The molecule has 0 bridgehead atoms. The van der Waals surface area contributed by atoms with E-state index in [1.165, 1.54) is 16.6 Å². The van der Waals surface area contributed by atoms with Crippen molar-refractivity contribution in [1.82, 2.24) is 15.8 Å². The molecule has 0 atom stereocenters. The number of hydrogen-bond acceptors (Lipinski definition) is 2. The maximum absolute atomic E-state index is 4.51. The normalized spacial score (nSPS) is 10.3. The maximum atomic E-state index is 4.51. The molecule has 0 aliphatic rings. The molecule has 0 radical (unpaired) electrons. The molecule has 0 unspecified atom stereocenters. The van der Waals surface area contributed by atoms with Gasteiger partial charge in [0.15, 0.2) is 0 Å². The Morgan fingerprint density at radius 3 is 2.60 bits per heavy atom. The summed E-state index contributed by atoms with van der Waals surface area (Å²) >= 11 is 0. The first-order valence-electron chi connectivity index (χ1n) is 5.23. The van der Waals surface area contributed by atoms with Crippen LogP contribution >= 0.6 is 0 Å². The Labute approximate surface area is 90.7 Å². The van der Waals surface area contributed by atoms with Gasteiger partial charge < -0.3 is 6.15 Å². The van der Waals surface area contributed by atoms with Gasteiger partial charge in [0, 0.05) is 11.8 Å². The first-order chi connectivity index (χ1) is 6.77. The van der Waals surface area contributed by atoms with E-state index >= 15 is 0 Å². The van der Waals surface area contributed by atoms with Crippen LogP contribution < -0.4 is 6.15 Å². The molecule has 0 aromatic carbocycles. The van der Waals surface area contributed by atoms with E-state index in [0.29, 0.717) is 0 Å². The van der Waals surface area contributed by atoms with Gasteiger partial charge in [0.25, 0.3) is 0 Å².